The van der Waals surface area contributed by atoms with Gasteiger partial charge in [0.15, 0.2) is 9.84 Å². The Morgan fingerprint density at radius 2 is 1.94 bits per heavy atom. The van der Waals surface area contributed by atoms with Crippen LogP contribution in [0.1, 0.15) is 33.1 Å². The maximum absolute atomic E-state index is 11.8. The SMILES string of the molecule is CCN(CC)C1(C(=O)O)CCCC1S(C)(=O)=O. The van der Waals surface area contributed by atoms with E-state index in [1.165, 1.54) is 0 Å². The van der Waals surface area contributed by atoms with Gasteiger partial charge in [-0.2, -0.15) is 0 Å². The van der Waals surface area contributed by atoms with Gasteiger partial charge in [-0.3, -0.25) is 9.69 Å². The first-order valence-corrected chi connectivity index (χ1v) is 7.93. The Hall–Kier alpha value is -0.620. The van der Waals surface area contributed by atoms with Gasteiger partial charge in [0.25, 0.3) is 0 Å². The topological polar surface area (TPSA) is 74.7 Å². The summed E-state index contributed by atoms with van der Waals surface area (Å²) < 4.78 is 23.6. The summed E-state index contributed by atoms with van der Waals surface area (Å²) in [6.07, 6.45) is 2.66. The molecule has 2 unspecified atom stereocenters. The first-order chi connectivity index (χ1) is 7.80. The van der Waals surface area contributed by atoms with Crippen molar-refractivity contribution in [2.24, 2.45) is 0 Å². The van der Waals surface area contributed by atoms with Gasteiger partial charge in [0, 0.05) is 6.26 Å². The van der Waals surface area contributed by atoms with Crippen LogP contribution in [0.3, 0.4) is 0 Å². The van der Waals surface area contributed by atoms with Gasteiger partial charge in [0.2, 0.25) is 0 Å². The minimum Gasteiger partial charge on any atom is -0.480 e. The van der Waals surface area contributed by atoms with Crippen molar-refractivity contribution in [2.75, 3.05) is 19.3 Å². The van der Waals surface area contributed by atoms with Crippen LogP contribution >= 0.6 is 0 Å². The van der Waals surface area contributed by atoms with Crippen molar-refractivity contribution in [3.63, 3.8) is 0 Å². The molecule has 100 valence electrons. The van der Waals surface area contributed by atoms with Crippen molar-refractivity contribution in [2.45, 2.75) is 43.9 Å². The summed E-state index contributed by atoms with van der Waals surface area (Å²) in [7, 11) is -3.34. The minimum absolute atomic E-state index is 0.418. The molecule has 6 heteroatoms. The van der Waals surface area contributed by atoms with Crippen molar-refractivity contribution in [1.82, 2.24) is 4.90 Å². The van der Waals surface area contributed by atoms with Gasteiger partial charge >= 0.3 is 5.97 Å². The number of carbonyl (C=O) groups is 1. The average molecular weight is 263 g/mol. The molecule has 0 saturated heterocycles. The highest BCUT2D eigenvalue weighted by Crippen LogP contribution is 2.39. The van der Waals surface area contributed by atoms with Gasteiger partial charge in [-0.15, -0.1) is 0 Å². The Balaban J connectivity index is 3.28. The van der Waals surface area contributed by atoms with Crippen LogP contribution in [-0.2, 0) is 14.6 Å². The molecule has 2 atom stereocenters. The summed E-state index contributed by atoms with van der Waals surface area (Å²) in [5, 5.41) is 8.74. The molecule has 0 aliphatic heterocycles. The molecule has 0 spiro atoms. The maximum Gasteiger partial charge on any atom is 0.325 e. The number of aliphatic carboxylic acids is 1. The van der Waals surface area contributed by atoms with Gasteiger partial charge in [0.1, 0.15) is 5.54 Å². The first-order valence-electron chi connectivity index (χ1n) is 5.98. The lowest BCUT2D eigenvalue weighted by Crippen LogP contribution is -2.61. The number of hydrogen-bond acceptors (Lipinski definition) is 4. The van der Waals surface area contributed by atoms with Crippen LogP contribution < -0.4 is 0 Å². The third kappa shape index (κ3) is 2.33. The van der Waals surface area contributed by atoms with Gasteiger partial charge in [-0.25, -0.2) is 8.42 Å². The smallest absolute Gasteiger partial charge is 0.325 e. The number of nitrogens with zero attached hydrogens (tertiary/aromatic N) is 1. The normalized spacial score (nSPS) is 29.8. The van der Waals surface area contributed by atoms with E-state index in [1.54, 1.807) is 4.90 Å². The molecule has 0 aromatic heterocycles. The average Bonchev–Trinajstić information content (AvgIpc) is 2.64. The second-order valence-corrected chi connectivity index (χ2v) is 6.84. The summed E-state index contributed by atoms with van der Waals surface area (Å²) in [5.41, 5.74) is -1.23. The van der Waals surface area contributed by atoms with E-state index in [1.807, 2.05) is 13.8 Å². The fraction of sp³-hybridized carbons (Fsp3) is 0.909. The zero-order valence-corrected chi connectivity index (χ0v) is 11.5. The van der Waals surface area contributed by atoms with E-state index in [0.29, 0.717) is 32.4 Å². The van der Waals surface area contributed by atoms with Crippen LogP contribution in [0.5, 0.6) is 0 Å². The molecule has 1 rings (SSSR count). The quantitative estimate of drug-likeness (QED) is 0.792. The van der Waals surface area contributed by atoms with Crippen LogP contribution in [0.15, 0.2) is 0 Å². The third-order valence-electron chi connectivity index (χ3n) is 3.77. The minimum atomic E-state index is -3.34. The molecular weight excluding hydrogens is 242 g/mol. The van der Waals surface area contributed by atoms with Crippen molar-refractivity contribution < 1.29 is 18.3 Å². The summed E-state index contributed by atoms with van der Waals surface area (Å²) in [6, 6.07) is 0. The van der Waals surface area contributed by atoms with Crippen molar-refractivity contribution >= 4 is 15.8 Å². The summed E-state index contributed by atoms with van der Waals surface area (Å²) in [4.78, 5) is 13.4. The number of carboxylic acids is 1. The van der Waals surface area contributed by atoms with E-state index in [-0.39, 0.29) is 0 Å². The molecule has 1 aliphatic rings. The third-order valence-corrected chi connectivity index (χ3v) is 5.43. The van der Waals surface area contributed by atoms with Crippen molar-refractivity contribution in [3.05, 3.63) is 0 Å². The molecule has 1 N–H and O–H groups in total. The zero-order chi connectivity index (χ0) is 13.3. The molecule has 17 heavy (non-hydrogen) atoms. The predicted molar refractivity (Wildman–Crippen MR) is 65.8 cm³/mol. The fourth-order valence-corrected chi connectivity index (χ4v) is 4.73. The molecule has 0 aromatic carbocycles. The van der Waals surface area contributed by atoms with Crippen molar-refractivity contribution in [3.8, 4) is 0 Å². The van der Waals surface area contributed by atoms with Crippen LogP contribution in [0.4, 0.5) is 0 Å². The van der Waals surface area contributed by atoms with Gasteiger partial charge in [-0.1, -0.05) is 13.8 Å². The standard InChI is InChI=1S/C11H21NO4S/c1-4-12(5-2)11(10(13)14)8-6-7-9(11)17(3,15)16/h9H,4-8H2,1-3H3,(H,13,14). The molecular formula is C11H21NO4S. The Morgan fingerprint density at radius 1 is 1.41 bits per heavy atom. The number of hydrogen-bond donors (Lipinski definition) is 1. The second-order valence-electron chi connectivity index (χ2n) is 4.61. The highest BCUT2D eigenvalue weighted by atomic mass is 32.2. The van der Waals surface area contributed by atoms with Crippen LogP contribution in [-0.4, -0.2) is 54.5 Å². The lowest BCUT2D eigenvalue weighted by atomic mass is 9.94. The molecule has 0 aromatic rings. The molecule has 5 nitrogen and oxygen atoms in total. The Kier molecular flexibility index (Phi) is 4.19. The Labute approximate surface area is 103 Å². The molecule has 0 radical (unpaired) electrons. The number of carboxylic acid groups (broad SMARTS) is 1. The number of rotatable bonds is 5. The first kappa shape index (κ1) is 14.4. The van der Waals surface area contributed by atoms with Crippen LogP contribution in [0.2, 0.25) is 0 Å². The predicted octanol–water partition coefficient (Wildman–Crippen LogP) is 0.749. The zero-order valence-electron chi connectivity index (χ0n) is 10.6. The molecule has 0 bridgehead atoms. The van der Waals surface area contributed by atoms with Crippen molar-refractivity contribution in [1.29, 1.82) is 0 Å². The highest BCUT2D eigenvalue weighted by molar-refractivity contribution is 7.91. The fourth-order valence-electron chi connectivity index (χ4n) is 3.05. The van der Waals surface area contributed by atoms with Gasteiger partial charge in [-0.05, 0) is 32.4 Å². The summed E-state index contributed by atoms with van der Waals surface area (Å²) in [5.74, 6) is -1.01. The Morgan fingerprint density at radius 3 is 2.29 bits per heavy atom. The van der Waals surface area contributed by atoms with Gasteiger partial charge < -0.3 is 5.11 Å². The Bertz CT molecular complexity index is 388. The largest absolute Gasteiger partial charge is 0.480 e. The maximum atomic E-state index is 11.8. The number of sulfone groups is 1. The van der Waals surface area contributed by atoms with Crippen LogP contribution in [0, 0.1) is 0 Å². The van der Waals surface area contributed by atoms with E-state index in [0.717, 1.165) is 6.26 Å². The van der Waals surface area contributed by atoms with E-state index in [9.17, 15) is 18.3 Å². The summed E-state index contributed by atoms with van der Waals surface area (Å²) >= 11 is 0. The lowest BCUT2D eigenvalue weighted by molar-refractivity contribution is -0.151. The second kappa shape index (κ2) is 4.94. The number of likely N-dealkylation sites (N-methyl/N-ethyl adjacent to an activating group) is 1. The molecule has 0 amide bonds. The molecule has 1 aliphatic carbocycles. The molecule has 1 fully saturated rings. The molecule has 1 saturated carbocycles. The lowest BCUT2D eigenvalue weighted by Gasteiger charge is -2.40. The van der Waals surface area contributed by atoms with E-state index >= 15 is 0 Å². The monoisotopic (exact) mass is 263 g/mol. The van der Waals surface area contributed by atoms with E-state index < -0.39 is 26.6 Å². The van der Waals surface area contributed by atoms with Crippen LogP contribution in [0.25, 0.3) is 0 Å². The van der Waals surface area contributed by atoms with Gasteiger partial charge in [0.05, 0.1) is 5.25 Å². The van der Waals surface area contributed by atoms with E-state index in [4.69, 9.17) is 0 Å². The van der Waals surface area contributed by atoms with E-state index in [2.05, 4.69) is 0 Å². The summed E-state index contributed by atoms with van der Waals surface area (Å²) in [6.45, 7) is 4.83. The molecule has 0 heterocycles. The highest BCUT2D eigenvalue weighted by Gasteiger charge is 2.56.